The first-order chi connectivity index (χ1) is 11.6. The van der Waals surface area contributed by atoms with Crippen molar-refractivity contribution in [2.24, 2.45) is 0 Å². The number of fused-ring (bicyclic) bond motifs is 1. The topological polar surface area (TPSA) is 37.2 Å². The van der Waals surface area contributed by atoms with Crippen LogP contribution >= 0.6 is 15.9 Å². The summed E-state index contributed by atoms with van der Waals surface area (Å²) >= 11 is 3.55. The van der Waals surface area contributed by atoms with Gasteiger partial charge in [0.15, 0.2) is 5.65 Å². The van der Waals surface area contributed by atoms with Crippen LogP contribution in [0.4, 0.5) is 0 Å². The average Bonchev–Trinajstić information content (AvgIpc) is 2.78. The minimum Gasteiger partial charge on any atom is -0.326 e. The Kier molecular flexibility index (Phi) is 5.89. The molecule has 132 valence electrons. The van der Waals surface area contributed by atoms with Crippen LogP contribution < -0.4 is 0 Å². The monoisotopic (exact) mass is 393 g/mol. The van der Waals surface area contributed by atoms with E-state index in [1.165, 1.54) is 25.2 Å². The van der Waals surface area contributed by atoms with Gasteiger partial charge in [-0.2, -0.15) is 0 Å². The Balaban J connectivity index is 2.00. The first-order valence-electron chi connectivity index (χ1n) is 9.08. The number of hydrogen-bond donors (Lipinski definition) is 0. The molecular weight excluding hydrogens is 366 g/mol. The summed E-state index contributed by atoms with van der Waals surface area (Å²) in [5.74, 6) is 1.18. The lowest BCUT2D eigenvalue weighted by atomic mass is 10.1. The van der Waals surface area contributed by atoms with Gasteiger partial charge in [0, 0.05) is 36.8 Å². The standard InChI is InChI=1S/C18H28BrN5/c1-4-7-15(23-9-6-8-22(3)10-11-23)18-21-17-16(24(18)5-2)12-14(19)13-20-17/h12-13,15H,4-11H2,1-3H3. The first kappa shape index (κ1) is 17.8. The van der Waals surface area contributed by atoms with Crippen LogP contribution in [0.15, 0.2) is 16.7 Å². The quantitative estimate of drug-likeness (QED) is 0.775. The van der Waals surface area contributed by atoms with Crippen molar-refractivity contribution in [3.8, 4) is 0 Å². The molecule has 2 aromatic rings. The number of imidazole rings is 1. The van der Waals surface area contributed by atoms with Gasteiger partial charge >= 0.3 is 0 Å². The molecule has 0 radical (unpaired) electrons. The second-order valence-electron chi connectivity index (χ2n) is 6.71. The van der Waals surface area contributed by atoms with Crippen LogP contribution in [-0.2, 0) is 6.54 Å². The van der Waals surface area contributed by atoms with Gasteiger partial charge in [-0.3, -0.25) is 4.90 Å². The van der Waals surface area contributed by atoms with Gasteiger partial charge in [-0.15, -0.1) is 0 Å². The molecule has 0 bridgehead atoms. The van der Waals surface area contributed by atoms with Crippen molar-refractivity contribution >= 4 is 27.1 Å². The maximum atomic E-state index is 4.94. The highest BCUT2D eigenvalue weighted by atomic mass is 79.9. The number of pyridine rings is 1. The van der Waals surface area contributed by atoms with Crippen molar-refractivity contribution in [2.75, 3.05) is 33.2 Å². The van der Waals surface area contributed by atoms with E-state index in [4.69, 9.17) is 4.98 Å². The van der Waals surface area contributed by atoms with E-state index in [-0.39, 0.29) is 0 Å². The summed E-state index contributed by atoms with van der Waals surface area (Å²) in [5, 5.41) is 0. The third kappa shape index (κ3) is 3.65. The van der Waals surface area contributed by atoms with Gasteiger partial charge in [-0.25, -0.2) is 9.97 Å². The SMILES string of the molecule is CCCC(c1nc2ncc(Br)cc2n1CC)N1CCCN(C)CC1. The molecule has 6 heteroatoms. The Morgan fingerprint density at radius 2 is 2.04 bits per heavy atom. The number of nitrogens with zero attached hydrogens (tertiary/aromatic N) is 5. The third-order valence-electron chi connectivity index (χ3n) is 4.97. The number of aryl methyl sites for hydroxylation is 1. The van der Waals surface area contributed by atoms with Crippen molar-refractivity contribution in [3.63, 3.8) is 0 Å². The molecule has 0 saturated carbocycles. The molecule has 2 aromatic heterocycles. The Morgan fingerprint density at radius 1 is 1.21 bits per heavy atom. The van der Waals surface area contributed by atoms with Gasteiger partial charge in [-0.05, 0) is 55.4 Å². The van der Waals surface area contributed by atoms with E-state index in [0.717, 1.165) is 48.2 Å². The minimum atomic E-state index is 0.384. The molecule has 1 saturated heterocycles. The molecule has 1 fully saturated rings. The molecule has 3 rings (SSSR count). The van der Waals surface area contributed by atoms with Crippen molar-refractivity contribution in [1.82, 2.24) is 24.3 Å². The van der Waals surface area contributed by atoms with Crippen molar-refractivity contribution in [3.05, 3.63) is 22.6 Å². The molecule has 0 N–H and O–H groups in total. The largest absolute Gasteiger partial charge is 0.326 e. The number of likely N-dealkylation sites (N-methyl/N-ethyl adjacent to an activating group) is 1. The number of halogens is 1. The lowest BCUT2D eigenvalue weighted by Crippen LogP contribution is -2.34. The van der Waals surface area contributed by atoms with Crippen LogP contribution in [0.5, 0.6) is 0 Å². The van der Waals surface area contributed by atoms with E-state index >= 15 is 0 Å². The number of aromatic nitrogens is 3. The highest BCUT2D eigenvalue weighted by Crippen LogP contribution is 2.29. The fourth-order valence-corrected chi connectivity index (χ4v) is 4.03. The highest BCUT2D eigenvalue weighted by molar-refractivity contribution is 9.10. The zero-order chi connectivity index (χ0) is 17.1. The van der Waals surface area contributed by atoms with E-state index in [0.29, 0.717) is 6.04 Å². The fourth-order valence-electron chi connectivity index (χ4n) is 3.71. The van der Waals surface area contributed by atoms with E-state index in [2.05, 4.69) is 62.2 Å². The molecular formula is C18H28BrN5. The van der Waals surface area contributed by atoms with Crippen LogP contribution in [0.1, 0.15) is 45.0 Å². The van der Waals surface area contributed by atoms with Crippen molar-refractivity contribution in [2.45, 2.75) is 45.7 Å². The minimum absolute atomic E-state index is 0.384. The molecule has 24 heavy (non-hydrogen) atoms. The van der Waals surface area contributed by atoms with Crippen LogP contribution in [0.3, 0.4) is 0 Å². The smallest absolute Gasteiger partial charge is 0.178 e. The summed E-state index contributed by atoms with van der Waals surface area (Å²) in [6, 6.07) is 2.52. The van der Waals surface area contributed by atoms with E-state index in [9.17, 15) is 0 Å². The molecule has 0 aromatic carbocycles. The van der Waals surface area contributed by atoms with E-state index in [1.54, 1.807) is 0 Å². The molecule has 1 aliphatic rings. The summed E-state index contributed by atoms with van der Waals surface area (Å²) in [4.78, 5) is 14.5. The van der Waals surface area contributed by atoms with E-state index in [1.807, 2.05) is 6.20 Å². The first-order valence-corrected chi connectivity index (χ1v) is 9.87. The zero-order valence-corrected chi connectivity index (χ0v) is 16.6. The van der Waals surface area contributed by atoms with Crippen LogP contribution in [-0.4, -0.2) is 57.6 Å². The van der Waals surface area contributed by atoms with Crippen LogP contribution in [0.25, 0.3) is 11.2 Å². The molecule has 0 aliphatic carbocycles. The summed E-state index contributed by atoms with van der Waals surface area (Å²) in [6.45, 7) is 9.99. The third-order valence-corrected chi connectivity index (χ3v) is 5.41. The highest BCUT2D eigenvalue weighted by Gasteiger charge is 2.27. The van der Waals surface area contributed by atoms with Gasteiger partial charge in [0.1, 0.15) is 5.82 Å². The van der Waals surface area contributed by atoms with Gasteiger partial charge in [0.2, 0.25) is 0 Å². The van der Waals surface area contributed by atoms with Crippen molar-refractivity contribution < 1.29 is 0 Å². The second kappa shape index (κ2) is 7.93. The summed E-state index contributed by atoms with van der Waals surface area (Å²) < 4.78 is 3.36. The Hall–Kier alpha value is -0.980. The Morgan fingerprint density at radius 3 is 2.79 bits per heavy atom. The van der Waals surface area contributed by atoms with Gasteiger partial charge in [0.25, 0.3) is 0 Å². The normalized spacial score (nSPS) is 18.8. The lowest BCUT2D eigenvalue weighted by molar-refractivity contribution is 0.182. The average molecular weight is 394 g/mol. The summed E-state index contributed by atoms with van der Waals surface area (Å²) in [7, 11) is 2.22. The molecule has 0 amide bonds. The van der Waals surface area contributed by atoms with Gasteiger partial charge < -0.3 is 9.47 Å². The number of rotatable bonds is 5. The Labute approximate surface area is 153 Å². The predicted molar refractivity (Wildman–Crippen MR) is 102 cm³/mol. The summed E-state index contributed by atoms with van der Waals surface area (Å²) in [5.41, 5.74) is 2.00. The molecule has 5 nitrogen and oxygen atoms in total. The molecule has 1 unspecified atom stereocenters. The predicted octanol–water partition coefficient (Wildman–Crippen LogP) is 3.69. The van der Waals surface area contributed by atoms with E-state index < -0.39 is 0 Å². The van der Waals surface area contributed by atoms with Crippen molar-refractivity contribution in [1.29, 1.82) is 0 Å². The fraction of sp³-hybridized carbons (Fsp3) is 0.667. The lowest BCUT2D eigenvalue weighted by Gasteiger charge is -2.30. The summed E-state index contributed by atoms with van der Waals surface area (Å²) in [6.07, 6.45) is 5.39. The zero-order valence-electron chi connectivity index (χ0n) is 15.0. The maximum Gasteiger partial charge on any atom is 0.178 e. The second-order valence-corrected chi connectivity index (χ2v) is 7.62. The molecule has 1 aliphatic heterocycles. The molecule has 3 heterocycles. The van der Waals surface area contributed by atoms with Gasteiger partial charge in [-0.1, -0.05) is 13.3 Å². The van der Waals surface area contributed by atoms with Crippen LogP contribution in [0.2, 0.25) is 0 Å². The van der Waals surface area contributed by atoms with Crippen LogP contribution in [0, 0.1) is 0 Å². The molecule has 1 atom stereocenters. The molecule has 0 spiro atoms. The maximum absolute atomic E-state index is 4.94. The van der Waals surface area contributed by atoms with Gasteiger partial charge in [0.05, 0.1) is 11.6 Å². The number of hydrogen-bond acceptors (Lipinski definition) is 4. The Bertz CT molecular complexity index is 683.